The van der Waals surface area contributed by atoms with Gasteiger partial charge < -0.3 is 15.4 Å². The highest BCUT2D eigenvalue weighted by atomic mass is 32.1. The molecule has 1 aromatic heterocycles. The predicted octanol–water partition coefficient (Wildman–Crippen LogP) is 3.09. The van der Waals surface area contributed by atoms with Crippen LogP contribution in [0.25, 0.3) is 0 Å². The number of alkyl halides is 2. The van der Waals surface area contributed by atoms with E-state index in [-0.39, 0.29) is 29.5 Å². The lowest BCUT2D eigenvalue weighted by Gasteiger charge is -2.08. The van der Waals surface area contributed by atoms with Crippen LogP contribution in [0.3, 0.4) is 0 Å². The van der Waals surface area contributed by atoms with Gasteiger partial charge in [-0.25, -0.2) is 0 Å². The molecule has 1 aromatic carbocycles. The van der Waals surface area contributed by atoms with Crippen LogP contribution in [0.4, 0.5) is 8.78 Å². The minimum Gasteiger partial charge on any atom is -0.433 e. The maximum atomic E-state index is 12.4. The topological polar surface area (TPSA) is 67.4 Å². The molecule has 0 radical (unpaired) electrons. The molecule has 0 spiro atoms. The van der Waals surface area contributed by atoms with E-state index in [2.05, 4.69) is 15.4 Å². The van der Waals surface area contributed by atoms with Gasteiger partial charge in [0.25, 0.3) is 5.91 Å². The van der Waals surface area contributed by atoms with Crippen molar-refractivity contribution in [3.05, 3.63) is 51.7 Å². The molecule has 0 unspecified atom stereocenters. The molecular formula is C17H18F2N2O3S. The molecule has 2 N–H and O–H groups in total. The third kappa shape index (κ3) is 6.15. The number of halogens is 2. The average Bonchev–Trinajstić information content (AvgIpc) is 2.93. The van der Waals surface area contributed by atoms with Crippen molar-refractivity contribution in [3.8, 4) is 5.75 Å². The van der Waals surface area contributed by atoms with Crippen LogP contribution < -0.4 is 15.4 Å². The van der Waals surface area contributed by atoms with Gasteiger partial charge in [0.15, 0.2) is 0 Å². The Kier molecular flexibility index (Phi) is 6.88. The number of aryl methyl sites for hydroxylation is 1. The molecule has 1 heterocycles. The molecule has 0 saturated heterocycles. The van der Waals surface area contributed by atoms with E-state index in [9.17, 15) is 18.4 Å². The first-order chi connectivity index (χ1) is 12.0. The highest BCUT2D eigenvalue weighted by molar-refractivity contribution is 7.14. The number of amides is 2. The summed E-state index contributed by atoms with van der Waals surface area (Å²) in [6.45, 7) is -0.796. The summed E-state index contributed by atoms with van der Waals surface area (Å²) in [5, 5.41) is 5.28. The maximum absolute atomic E-state index is 12.4. The summed E-state index contributed by atoms with van der Waals surface area (Å²) in [4.78, 5) is 24.6. The molecule has 2 rings (SSSR count). The number of nitrogens with one attached hydrogen (secondary N) is 2. The summed E-state index contributed by atoms with van der Waals surface area (Å²) in [6.07, 6.45) is 0.0912. The summed E-state index contributed by atoms with van der Waals surface area (Å²) in [5.41, 5.74) is 0.975. The van der Waals surface area contributed by atoms with Crippen molar-refractivity contribution in [2.45, 2.75) is 26.5 Å². The van der Waals surface area contributed by atoms with E-state index in [1.54, 1.807) is 6.92 Å². The van der Waals surface area contributed by atoms with Gasteiger partial charge in [-0.1, -0.05) is 30.3 Å². The fourth-order valence-corrected chi connectivity index (χ4v) is 2.95. The van der Waals surface area contributed by atoms with Crippen LogP contribution >= 0.6 is 11.3 Å². The van der Waals surface area contributed by atoms with Crippen molar-refractivity contribution in [2.75, 3.05) is 6.54 Å². The van der Waals surface area contributed by atoms with Gasteiger partial charge in [-0.2, -0.15) is 8.78 Å². The Morgan fingerprint density at radius 1 is 1.20 bits per heavy atom. The Morgan fingerprint density at radius 3 is 2.60 bits per heavy atom. The Balaban J connectivity index is 1.77. The summed E-state index contributed by atoms with van der Waals surface area (Å²) in [7, 11) is 0. The average molecular weight is 368 g/mol. The Morgan fingerprint density at radius 2 is 1.92 bits per heavy atom. The molecule has 0 aliphatic carbocycles. The van der Waals surface area contributed by atoms with Crippen molar-refractivity contribution < 1.29 is 23.1 Å². The fraction of sp³-hybridized carbons (Fsp3) is 0.294. The molecule has 134 valence electrons. The molecule has 25 heavy (non-hydrogen) atoms. The van der Waals surface area contributed by atoms with E-state index in [4.69, 9.17) is 0 Å². The van der Waals surface area contributed by atoms with Gasteiger partial charge in [0.05, 0.1) is 0 Å². The lowest BCUT2D eigenvalue weighted by Crippen LogP contribution is -2.30. The smallest absolute Gasteiger partial charge is 0.387 e. The number of hydrogen-bond acceptors (Lipinski definition) is 4. The van der Waals surface area contributed by atoms with Crippen molar-refractivity contribution in [1.82, 2.24) is 10.6 Å². The molecular weight excluding hydrogens is 350 g/mol. The van der Waals surface area contributed by atoms with Crippen LogP contribution in [0.1, 0.15) is 26.5 Å². The lowest BCUT2D eigenvalue weighted by atomic mass is 10.2. The fourth-order valence-electron chi connectivity index (χ4n) is 2.09. The molecule has 0 bridgehead atoms. The van der Waals surface area contributed by atoms with E-state index in [0.29, 0.717) is 11.4 Å². The zero-order valence-corrected chi connectivity index (χ0v) is 14.4. The van der Waals surface area contributed by atoms with E-state index in [0.717, 1.165) is 16.9 Å². The Hall–Kier alpha value is -2.48. The van der Waals surface area contributed by atoms with Gasteiger partial charge in [-0.05, 0) is 18.6 Å². The van der Waals surface area contributed by atoms with E-state index in [1.807, 2.05) is 30.3 Å². The number of ether oxygens (including phenoxy) is 1. The Bertz CT molecular complexity index is 720. The van der Waals surface area contributed by atoms with Gasteiger partial charge >= 0.3 is 6.61 Å². The van der Waals surface area contributed by atoms with Crippen LogP contribution in [-0.2, 0) is 11.3 Å². The van der Waals surface area contributed by atoms with Crippen molar-refractivity contribution in [3.63, 3.8) is 0 Å². The second kappa shape index (κ2) is 9.12. The third-order valence-corrected chi connectivity index (χ3v) is 4.24. The summed E-state index contributed by atoms with van der Waals surface area (Å²) in [6, 6.07) is 10.8. The molecule has 0 fully saturated rings. The first-order valence-electron chi connectivity index (χ1n) is 7.60. The first-order valence-corrected chi connectivity index (χ1v) is 8.41. The standard InChI is InChI=1S/C17H18F2N2O3S/c1-11-9-13(24-17(18)19)15(25-11)16(23)20-8-7-14(22)21-10-12-5-3-2-4-6-12/h2-6,9,17H,7-8,10H2,1H3,(H,20,23)(H,21,22). The molecule has 2 amide bonds. The summed E-state index contributed by atoms with van der Waals surface area (Å²) < 4.78 is 29.0. The monoisotopic (exact) mass is 368 g/mol. The number of carbonyl (C=O) groups excluding carboxylic acids is 2. The predicted molar refractivity (Wildman–Crippen MR) is 90.9 cm³/mol. The van der Waals surface area contributed by atoms with Crippen LogP contribution in [-0.4, -0.2) is 25.0 Å². The van der Waals surface area contributed by atoms with Gasteiger partial charge in [0, 0.05) is 24.4 Å². The second-order valence-corrected chi connectivity index (χ2v) is 6.45. The first kappa shape index (κ1) is 18.9. The second-order valence-electron chi connectivity index (χ2n) is 5.20. The number of carbonyl (C=O) groups is 2. The van der Waals surface area contributed by atoms with Crippen LogP contribution in [0.15, 0.2) is 36.4 Å². The number of thiophene rings is 1. The quantitative estimate of drug-likeness (QED) is 0.752. The molecule has 2 aromatic rings. The third-order valence-electron chi connectivity index (χ3n) is 3.21. The molecule has 8 heteroatoms. The van der Waals surface area contributed by atoms with Crippen molar-refractivity contribution >= 4 is 23.2 Å². The van der Waals surface area contributed by atoms with Gasteiger partial charge in [-0.3, -0.25) is 9.59 Å². The molecule has 0 aliphatic heterocycles. The van der Waals surface area contributed by atoms with Crippen LogP contribution in [0.5, 0.6) is 5.75 Å². The highest BCUT2D eigenvalue weighted by Gasteiger charge is 2.19. The zero-order valence-electron chi connectivity index (χ0n) is 13.6. The molecule has 0 saturated carbocycles. The zero-order chi connectivity index (χ0) is 18.2. The minimum atomic E-state index is -3.00. The van der Waals surface area contributed by atoms with Crippen molar-refractivity contribution in [1.29, 1.82) is 0 Å². The summed E-state index contributed by atoms with van der Waals surface area (Å²) in [5.74, 6) is -0.899. The van der Waals surface area contributed by atoms with Gasteiger partial charge in [0.2, 0.25) is 5.91 Å². The number of hydrogen-bond donors (Lipinski definition) is 2. The summed E-state index contributed by atoms with van der Waals surface area (Å²) >= 11 is 1.06. The van der Waals surface area contributed by atoms with E-state index in [1.165, 1.54) is 6.07 Å². The highest BCUT2D eigenvalue weighted by Crippen LogP contribution is 2.30. The molecule has 5 nitrogen and oxygen atoms in total. The largest absolute Gasteiger partial charge is 0.433 e. The van der Waals surface area contributed by atoms with E-state index < -0.39 is 12.5 Å². The van der Waals surface area contributed by atoms with E-state index >= 15 is 0 Å². The Labute approximate surface area is 148 Å². The normalized spacial score (nSPS) is 10.6. The van der Waals surface area contributed by atoms with Crippen molar-refractivity contribution in [2.24, 2.45) is 0 Å². The molecule has 0 aliphatic rings. The van der Waals surface area contributed by atoms with Crippen LogP contribution in [0, 0.1) is 6.92 Å². The van der Waals surface area contributed by atoms with Crippen LogP contribution in [0.2, 0.25) is 0 Å². The molecule has 0 atom stereocenters. The SMILES string of the molecule is Cc1cc(OC(F)F)c(C(=O)NCCC(=O)NCc2ccccc2)s1. The van der Waals surface area contributed by atoms with Gasteiger partial charge in [-0.15, -0.1) is 11.3 Å². The maximum Gasteiger partial charge on any atom is 0.387 e. The van der Waals surface area contributed by atoms with Gasteiger partial charge in [0.1, 0.15) is 10.6 Å². The number of rotatable bonds is 8. The lowest BCUT2D eigenvalue weighted by molar-refractivity contribution is -0.121. The number of benzene rings is 1. The minimum absolute atomic E-state index is 0.0718.